The maximum atomic E-state index is 11.9. The first-order valence-electron chi connectivity index (χ1n) is 6.19. The van der Waals surface area contributed by atoms with Gasteiger partial charge in [-0.15, -0.1) is 0 Å². The third-order valence-electron chi connectivity index (χ3n) is 2.99. The second-order valence-electron chi connectivity index (χ2n) is 4.97. The zero-order valence-corrected chi connectivity index (χ0v) is 11.5. The fraction of sp³-hybridized carbons (Fsp3) is 0.583. The standard InChI is InChI=1S/C12H17N5O2/c1-7(2)5-6-13-11-14-8-9(15-11)16(3)12(19)17(4)10(8)18/h7H,5-6H2,1-4H3. The van der Waals surface area contributed by atoms with Crippen molar-refractivity contribution in [2.24, 2.45) is 35.0 Å². The lowest BCUT2D eigenvalue weighted by Gasteiger charge is -1.98. The van der Waals surface area contributed by atoms with Crippen molar-refractivity contribution in [1.82, 2.24) is 9.13 Å². The van der Waals surface area contributed by atoms with E-state index in [4.69, 9.17) is 0 Å². The number of aliphatic imine (C=N–C) groups is 1. The van der Waals surface area contributed by atoms with E-state index in [-0.39, 0.29) is 16.8 Å². The van der Waals surface area contributed by atoms with Crippen LogP contribution in [0.2, 0.25) is 0 Å². The molecule has 7 heteroatoms. The molecule has 0 unspecified atom stereocenters. The number of nitrogens with zero attached hydrogens (tertiary/aromatic N) is 5. The molecule has 7 nitrogen and oxygen atoms in total. The monoisotopic (exact) mass is 263 g/mol. The van der Waals surface area contributed by atoms with Gasteiger partial charge in [-0.05, 0) is 12.3 Å². The fourth-order valence-electron chi connectivity index (χ4n) is 1.75. The van der Waals surface area contributed by atoms with E-state index >= 15 is 0 Å². The zero-order chi connectivity index (χ0) is 14.2. The van der Waals surface area contributed by atoms with E-state index < -0.39 is 11.2 Å². The van der Waals surface area contributed by atoms with Gasteiger partial charge >= 0.3 is 5.69 Å². The molecule has 2 heterocycles. The predicted molar refractivity (Wildman–Crippen MR) is 71.0 cm³/mol. The molecule has 19 heavy (non-hydrogen) atoms. The Morgan fingerprint density at radius 1 is 1.16 bits per heavy atom. The van der Waals surface area contributed by atoms with Crippen LogP contribution in [0.25, 0.3) is 0 Å². The highest BCUT2D eigenvalue weighted by atomic mass is 16.2. The van der Waals surface area contributed by atoms with Gasteiger partial charge in [-0.3, -0.25) is 13.9 Å². The largest absolute Gasteiger partial charge is 0.332 e. The van der Waals surface area contributed by atoms with E-state index in [1.165, 1.54) is 11.6 Å². The van der Waals surface area contributed by atoms with Crippen LogP contribution in [0.5, 0.6) is 0 Å². The first-order chi connectivity index (χ1) is 8.91. The molecule has 0 aliphatic carbocycles. The van der Waals surface area contributed by atoms with E-state index in [2.05, 4.69) is 28.8 Å². The Labute approximate surface area is 109 Å². The molecule has 0 bridgehead atoms. The fourth-order valence-corrected chi connectivity index (χ4v) is 1.75. The summed E-state index contributed by atoms with van der Waals surface area (Å²) in [4.78, 5) is 36.1. The summed E-state index contributed by atoms with van der Waals surface area (Å²) in [7, 11) is 2.99. The van der Waals surface area contributed by atoms with Crippen LogP contribution < -0.4 is 22.1 Å². The molecule has 2 rings (SSSR count). The lowest BCUT2D eigenvalue weighted by molar-refractivity contribution is 0.596. The number of fused-ring (bicyclic) bond motifs is 1. The Kier molecular flexibility index (Phi) is 3.46. The summed E-state index contributed by atoms with van der Waals surface area (Å²) in [6.45, 7) is 4.83. The van der Waals surface area contributed by atoms with Crippen LogP contribution in [-0.4, -0.2) is 21.6 Å². The second kappa shape index (κ2) is 4.91. The van der Waals surface area contributed by atoms with Gasteiger partial charge in [0, 0.05) is 20.6 Å². The molecule has 0 spiro atoms. The van der Waals surface area contributed by atoms with Gasteiger partial charge in [-0.2, -0.15) is 4.99 Å². The normalized spacial score (nSPS) is 15.5. The van der Waals surface area contributed by atoms with Gasteiger partial charge in [-0.25, -0.2) is 14.8 Å². The van der Waals surface area contributed by atoms with Gasteiger partial charge in [0.05, 0.1) is 0 Å². The minimum absolute atomic E-state index is 0.188. The number of guanidine groups is 1. The summed E-state index contributed by atoms with van der Waals surface area (Å²) >= 11 is 0. The summed E-state index contributed by atoms with van der Waals surface area (Å²) in [5.41, 5.74) is -0.557. The van der Waals surface area contributed by atoms with Gasteiger partial charge < -0.3 is 0 Å². The van der Waals surface area contributed by atoms with Crippen LogP contribution >= 0.6 is 0 Å². The third-order valence-corrected chi connectivity index (χ3v) is 2.99. The number of aromatic nitrogens is 2. The molecule has 0 fully saturated rings. The van der Waals surface area contributed by atoms with Gasteiger partial charge in [0.15, 0.2) is 10.8 Å². The van der Waals surface area contributed by atoms with E-state index in [1.807, 2.05) is 0 Å². The van der Waals surface area contributed by atoms with Crippen molar-refractivity contribution in [3.05, 3.63) is 31.7 Å². The Morgan fingerprint density at radius 2 is 1.84 bits per heavy atom. The van der Waals surface area contributed by atoms with Crippen LogP contribution in [0.15, 0.2) is 24.6 Å². The van der Waals surface area contributed by atoms with Crippen molar-refractivity contribution in [2.75, 3.05) is 6.54 Å². The highest BCUT2D eigenvalue weighted by Gasteiger charge is 2.13. The first kappa shape index (κ1) is 13.4. The summed E-state index contributed by atoms with van der Waals surface area (Å²) < 4.78 is 2.33. The molecule has 0 saturated heterocycles. The van der Waals surface area contributed by atoms with E-state index in [0.29, 0.717) is 12.5 Å². The summed E-state index contributed by atoms with van der Waals surface area (Å²) in [5, 5.41) is 0.188. The molecule has 1 aromatic heterocycles. The number of hydrogen-bond donors (Lipinski definition) is 0. The zero-order valence-electron chi connectivity index (χ0n) is 11.5. The van der Waals surface area contributed by atoms with Crippen molar-refractivity contribution in [2.45, 2.75) is 20.3 Å². The molecule has 0 aromatic carbocycles. The van der Waals surface area contributed by atoms with Crippen molar-refractivity contribution >= 4 is 5.96 Å². The topological polar surface area (TPSA) is 81.1 Å². The van der Waals surface area contributed by atoms with Crippen LogP contribution in [-0.2, 0) is 14.1 Å². The van der Waals surface area contributed by atoms with Crippen molar-refractivity contribution in [3.63, 3.8) is 0 Å². The van der Waals surface area contributed by atoms with Crippen LogP contribution in [0.1, 0.15) is 20.3 Å². The maximum Gasteiger partial charge on any atom is 0.332 e. The molecule has 1 aromatic rings. The maximum absolute atomic E-state index is 11.9. The molecule has 0 saturated carbocycles. The van der Waals surface area contributed by atoms with E-state index in [9.17, 15) is 9.59 Å². The van der Waals surface area contributed by atoms with Crippen molar-refractivity contribution in [3.8, 4) is 0 Å². The predicted octanol–water partition coefficient (Wildman–Crippen LogP) is -1.26. The van der Waals surface area contributed by atoms with Gasteiger partial charge in [0.2, 0.25) is 5.96 Å². The Hall–Kier alpha value is -2.05. The second-order valence-corrected chi connectivity index (χ2v) is 4.97. The molecule has 102 valence electrons. The van der Waals surface area contributed by atoms with Gasteiger partial charge in [0.25, 0.3) is 5.56 Å². The molecule has 0 radical (unpaired) electrons. The summed E-state index contributed by atoms with van der Waals surface area (Å²) in [5.74, 6) is 0.819. The smallest absolute Gasteiger partial charge is 0.279 e. The lowest BCUT2D eigenvalue weighted by Crippen LogP contribution is -2.55. The molecular weight excluding hydrogens is 246 g/mol. The minimum Gasteiger partial charge on any atom is -0.279 e. The Morgan fingerprint density at radius 3 is 2.47 bits per heavy atom. The van der Waals surface area contributed by atoms with Crippen LogP contribution in [0.4, 0.5) is 0 Å². The van der Waals surface area contributed by atoms with E-state index in [0.717, 1.165) is 11.0 Å². The third kappa shape index (κ3) is 2.40. The van der Waals surface area contributed by atoms with Crippen LogP contribution in [0.3, 0.4) is 0 Å². The Bertz CT molecular complexity index is 767. The molecule has 0 atom stereocenters. The number of rotatable bonds is 3. The van der Waals surface area contributed by atoms with Gasteiger partial charge in [-0.1, -0.05) is 13.8 Å². The summed E-state index contributed by atoms with van der Waals surface area (Å²) in [6, 6.07) is 0. The molecule has 1 aliphatic heterocycles. The summed E-state index contributed by atoms with van der Waals surface area (Å²) in [6.07, 6.45) is 0.932. The molecule has 0 N–H and O–H groups in total. The van der Waals surface area contributed by atoms with Gasteiger partial charge in [0.1, 0.15) is 0 Å². The average Bonchev–Trinajstić information content (AvgIpc) is 2.77. The Balaban J connectivity index is 2.52. The van der Waals surface area contributed by atoms with E-state index in [1.54, 1.807) is 7.05 Å². The molecule has 1 aliphatic rings. The highest BCUT2D eigenvalue weighted by molar-refractivity contribution is 5.82. The quantitative estimate of drug-likeness (QED) is 0.682. The molecule has 0 amide bonds. The molecular formula is C12H17N5O2. The van der Waals surface area contributed by atoms with Crippen molar-refractivity contribution < 1.29 is 0 Å². The van der Waals surface area contributed by atoms with Crippen LogP contribution in [0, 0.1) is 5.92 Å². The highest BCUT2D eigenvalue weighted by Crippen LogP contribution is 1.99. The number of hydrogen-bond acceptors (Lipinski definition) is 3. The SMILES string of the molecule is CC(C)CCN=C1N=c2c(=O)n(C)c(=O)n(C)c2=N1. The minimum atomic E-state index is -0.434. The lowest BCUT2D eigenvalue weighted by atomic mass is 10.1. The average molecular weight is 263 g/mol. The van der Waals surface area contributed by atoms with Crippen molar-refractivity contribution in [1.29, 1.82) is 0 Å². The first-order valence-corrected chi connectivity index (χ1v) is 6.19.